The maximum absolute atomic E-state index is 4.18. The molecule has 3 aromatic rings. The lowest BCUT2D eigenvalue weighted by atomic mass is 10.3. The topological polar surface area (TPSA) is 96.0 Å². The standard InChI is InChI=1S/C7H5N7/c1-2-4-5(8-3-1)6(10-9-4)7-11-13-14-12-7/h1-3H,(H,9,10)(H,11,12,13,14). The van der Waals surface area contributed by atoms with Crippen LogP contribution in [0.25, 0.3) is 22.6 Å². The van der Waals surface area contributed by atoms with Crippen molar-refractivity contribution in [3.05, 3.63) is 18.3 Å². The number of nitrogens with one attached hydrogen (secondary N) is 2. The minimum Gasteiger partial charge on any atom is -0.275 e. The predicted octanol–water partition coefficient (Wildman–Crippen LogP) is 0.138. The Balaban J connectivity index is 2.33. The van der Waals surface area contributed by atoms with Gasteiger partial charge in [0.1, 0.15) is 5.52 Å². The molecule has 3 heterocycles. The van der Waals surface area contributed by atoms with Crippen molar-refractivity contribution >= 4 is 11.0 Å². The molecule has 3 aromatic heterocycles. The Labute approximate surface area is 77.6 Å². The number of nitrogens with zero attached hydrogens (tertiary/aromatic N) is 5. The third-order valence-corrected chi connectivity index (χ3v) is 1.88. The minimum absolute atomic E-state index is 0.440. The van der Waals surface area contributed by atoms with Crippen LogP contribution in [-0.2, 0) is 0 Å². The van der Waals surface area contributed by atoms with Crippen LogP contribution in [0, 0.1) is 0 Å². The number of hydrogen-bond donors (Lipinski definition) is 2. The summed E-state index contributed by atoms with van der Waals surface area (Å²) in [5.41, 5.74) is 2.20. The van der Waals surface area contributed by atoms with Crippen LogP contribution in [0.15, 0.2) is 18.3 Å². The summed E-state index contributed by atoms with van der Waals surface area (Å²) in [4.78, 5) is 4.18. The summed E-state index contributed by atoms with van der Waals surface area (Å²) < 4.78 is 0. The van der Waals surface area contributed by atoms with E-state index in [4.69, 9.17) is 0 Å². The molecule has 7 nitrogen and oxygen atoms in total. The zero-order valence-electron chi connectivity index (χ0n) is 6.97. The fourth-order valence-electron chi connectivity index (χ4n) is 1.27. The van der Waals surface area contributed by atoms with Gasteiger partial charge in [0.15, 0.2) is 5.69 Å². The second kappa shape index (κ2) is 2.59. The van der Waals surface area contributed by atoms with Crippen LogP contribution in [0.3, 0.4) is 0 Å². The molecular weight excluding hydrogens is 182 g/mol. The van der Waals surface area contributed by atoms with Crippen LogP contribution >= 0.6 is 0 Å². The molecule has 0 aliphatic carbocycles. The fraction of sp³-hybridized carbons (Fsp3) is 0. The molecule has 0 amide bonds. The summed E-state index contributed by atoms with van der Waals surface area (Å²) in [6.07, 6.45) is 1.70. The smallest absolute Gasteiger partial charge is 0.227 e. The summed E-state index contributed by atoms with van der Waals surface area (Å²) in [7, 11) is 0. The molecule has 0 saturated heterocycles. The highest BCUT2D eigenvalue weighted by atomic mass is 15.5. The van der Waals surface area contributed by atoms with Crippen molar-refractivity contribution in [2.75, 3.05) is 0 Å². The largest absolute Gasteiger partial charge is 0.275 e. The molecule has 0 unspecified atom stereocenters. The van der Waals surface area contributed by atoms with E-state index in [1.54, 1.807) is 6.20 Å². The molecule has 0 radical (unpaired) electrons. The normalized spacial score (nSPS) is 10.9. The first-order valence-electron chi connectivity index (χ1n) is 3.98. The molecule has 3 rings (SSSR count). The van der Waals surface area contributed by atoms with Gasteiger partial charge in [0.2, 0.25) is 5.82 Å². The van der Waals surface area contributed by atoms with Gasteiger partial charge in [0.05, 0.1) is 5.52 Å². The van der Waals surface area contributed by atoms with Crippen molar-refractivity contribution in [3.63, 3.8) is 0 Å². The first kappa shape index (κ1) is 7.13. The third-order valence-electron chi connectivity index (χ3n) is 1.88. The van der Waals surface area contributed by atoms with Crippen LogP contribution in [-0.4, -0.2) is 35.8 Å². The van der Waals surface area contributed by atoms with Crippen molar-refractivity contribution in [2.45, 2.75) is 0 Å². The van der Waals surface area contributed by atoms with E-state index in [-0.39, 0.29) is 0 Å². The highest BCUT2D eigenvalue weighted by Crippen LogP contribution is 2.19. The highest BCUT2D eigenvalue weighted by molar-refractivity contribution is 5.86. The maximum Gasteiger partial charge on any atom is 0.227 e. The Kier molecular flexibility index (Phi) is 1.32. The monoisotopic (exact) mass is 187 g/mol. The minimum atomic E-state index is 0.440. The van der Waals surface area contributed by atoms with Crippen molar-refractivity contribution in [1.82, 2.24) is 35.8 Å². The van der Waals surface area contributed by atoms with Gasteiger partial charge in [-0.1, -0.05) is 0 Å². The Morgan fingerprint density at radius 1 is 1.21 bits per heavy atom. The number of H-pyrrole nitrogens is 2. The lowest BCUT2D eigenvalue weighted by Gasteiger charge is -1.87. The number of tetrazole rings is 1. The van der Waals surface area contributed by atoms with Crippen molar-refractivity contribution in [1.29, 1.82) is 0 Å². The van der Waals surface area contributed by atoms with E-state index < -0.39 is 0 Å². The summed E-state index contributed by atoms with van der Waals surface area (Å²) >= 11 is 0. The lowest BCUT2D eigenvalue weighted by Crippen LogP contribution is -1.83. The van der Waals surface area contributed by atoms with Gasteiger partial charge in [-0.2, -0.15) is 10.3 Å². The molecule has 14 heavy (non-hydrogen) atoms. The summed E-state index contributed by atoms with van der Waals surface area (Å²) in [5, 5.41) is 20.4. The van der Waals surface area contributed by atoms with Gasteiger partial charge in [0.25, 0.3) is 0 Å². The van der Waals surface area contributed by atoms with E-state index in [2.05, 4.69) is 35.8 Å². The second-order valence-corrected chi connectivity index (χ2v) is 2.71. The van der Waals surface area contributed by atoms with E-state index in [9.17, 15) is 0 Å². The van der Waals surface area contributed by atoms with Crippen LogP contribution in [0.4, 0.5) is 0 Å². The van der Waals surface area contributed by atoms with Gasteiger partial charge in [-0.25, -0.2) is 0 Å². The quantitative estimate of drug-likeness (QED) is 0.564. The number of aromatic amines is 2. The molecule has 0 fully saturated rings. The van der Waals surface area contributed by atoms with Gasteiger partial charge in [-0.15, -0.1) is 10.2 Å². The zero-order valence-corrected chi connectivity index (χ0v) is 6.97. The highest BCUT2D eigenvalue weighted by Gasteiger charge is 2.11. The molecule has 0 bridgehead atoms. The van der Waals surface area contributed by atoms with Gasteiger partial charge in [-0.3, -0.25) is 10.1 Å². The van der Waals surface area contributed by atoms with Gasteiger partial charge in [-0.05, 0) is 17.3 Å². The van der Waals surface area contributed by atoms with Crippen molar-refractivity contribution in [3.8, 4) is 11.5 Å². The Bertz CT molecular complexity index is 552. The number of fused-ring (bicyclic) bond motifs is 1. The zero-order chi connectivity index (χ0) is 9.38. The van der Waals surface area contributed by atoms with Gasteiger partial charge < -0.3 is 0 Å². The first-order valence-corrected chi connectivity index (χ1v) is 3.98. The van der Waals surface area contributed by atoms with Crippen LogP contribution in [0.2, 0.25) is 0 Å². The molecule has 68 valence electrons. The molecule has 0 saturated carbocycles. The molecular formula is C7H5N7. The first-order chi connectivity index (χ1) is 6.95. The van der Waals surface area contributed by atoms with Crippen LogP contribution in [0.1, 0.15) is 0 Å². The summed E-state index contributed by atoms with van der Waals surface area (Å²) in [5.74, 6) is 0.440. The molecule has 0 aromatic carbocycles. The van der Waals surface area contributed by atoms with Crippen LogP contribution < -0.4 is 0 Å². The van der Waals surface area contributed by atoms with E-state index in [0.29, 0.717) is 11.5 Å². The Hall–Kier alpha value is -2.31. The average molecular weight is 187 g/mol. The molecule has 2 N–H and O–H groups in total. The van der Waals surface area contributed by atoms with Crippen molar-refractivity contribution < 1.29 is 0 Å². The summed E-state index contributed by atoms with van der Waals surface area (Å²) in [6, 6.07) is 3.72. The summed E-state index contributed by atoms with van der Waals surface area (Å²) in [6.45, 7) is 0. The molecule has 0 aliphatic rings. The van der Waals surface area contributed by atoms with E-state index in [1.807, 2.05) is 12.1 Å². The molecule has 7 heteroatoms. The van der Waals surface area contributed by atoms with Gasteiger partial charge in [0, 0.05) is 6.20 Å². The number of pyridine rings is 1. The Morgan fingerprint density at radius 3 is 3.07 bits per heavy atom. The molecule has 0 atom stereocenters. The number of aromatic nitrogens is 7. The average Bonchev–Trinajstić information content (AvgIpc) is 2.85. The fourth-order valence-corrected chi connectivity index (χ4v) is 1.27. The Morgan fingerprint density at radius 2 is 2.21 bits per heavy atom. The van der Waals surface area contributed by atoms with Crippen molar-refractivity contribution in [2.24, 2.45) is 0 Å². The predicted molar refractivity (Wildman–Crippen MR) is 47.1 cm³/mol. The van der Waals surface area contributed by atoms with E-state index in [0.717, 1.165) is 11.0 Å². The third kappa shape index (κ3) is 0.889. The number of hydrogen-bond acceptors (Lipinski definition) is 5. The number of rotatable bonds is 1. The maximum atomic E-state index is 4.18. The van der Waals surface area contributed by atoms with E-state index >= 15 is 0 Å². The molecule has 0 aliphatic heterocycles. The van der Waals surface area contributed by atoms with Gasteiger partial charge >= 0.3 is 0 Å². The van der Waals surface area contributed by atoms with Crippen LogP contribution in [0.5, 0.6) is 0 Å². The van der Waals surface area contributed by atoms with E-state index in [1.165, 1.54) is 0 Å². The SMILES string of the molecule is c1cnc2c(-c3nn[nH]n3)n[nH]c2c1. The lowest BCUT2D eigenvalue weighted by molar-refractivity contribution is 0.881. The molecule has 0 spiro atoms. The second-order valence-electron chi connectivity index (χ2n) is 2.71.